The van der Waals surface area contributed by atoms with Gasteiger partial charge in [-0.3, -0.25) is 19.9 Å². The minimum Gasteiger partial charge on any atom is -0.350 e. The van der Waals surface area contributed by atoms with E-state index < -0.39 is 4.92 Å². The van der Waals surface area contributed by atoms with Gasteiger partial charge in [-0.2, -0.15) is 0 Å². The van der Waals surface area contributed by atoms with E-state index in [0.29, 0.717) is 5.69 Å². The van der Waals surface area contributed by atoms with E-state index in [-0.39, 0.29) is 23.2 Å². The van der Waals surface area contributed by atoms with Gasteiger partial charge in [-0.15, -0.1) is 0 Å². The molecule has 3 rings (SSSR count). The molecule has 0 aliphatic carbocycles. The zero-order valence-corrected chi connectivity index (χ0v) is 14.6. The van der Waals surface area contributed by atoms with Crippen LogP contribution in [0.3, 0.4) is 0 Å². The van der Waals surface area contributed by atoms with E-state index in [0.717, 1.165) is 11.3 Å². The predicted molar refractivity (Wildman–Crippen MR) is 103 cm³/mol. The molecule has 3 aromatic rings. The Balaban J connectivity index is 1.81. The average Bonchev–Trinajstić information content (AvgIpc) is 2.69. The number of nitrogens with one attached hydrogen (secondary N) is 2. The second kappa shape index (κ2) is 8.09. The lowest BCUT2D eigenvalue weighted by molar-refractivity contribution is -0.383. The number of hydrogen-bond donors (Lipinski definition) is 2. The highest BCUT2D eigenvalue weighted by Crippen LogP contribution is 2.29. The standard InChI is InChI=1S/C20H18N4O3/c1-14(15-9-11-21-12-10-15)22-20(25)16-7-8-18(19(13-16)24(26)27)23-17-5-3-2-4-6-17/h2-14,23H,1H3,(H,22,25). The molecular formula is C20H18N4O3. The van der Waals surface area contributed by atoms with Crippen molar-refractivity contribution >= 4 is 23.0 Å². The summed E-state index contributed by atoms with van der Waals surface area (Å²) in [6.45, 7) is 1.84. The molecule has 0 fully saturated rings. The Morgan fingerprint density at radius 2 is 1.78 bits per heavy atom. The van der Waals surface area contributed by atoms with Crippen LogP contribution in [0.1, 0.15) is 28.9 Å². The van der Waals surface area contributed by atoms with Crippen molar-refractivity contribution in [3.8, 4) is 0 Å². The predicted octanol–water partition coefficient (Wildman–Crippen LogP) is 4.22. The number of carbonyl (C=O) groups is 1. The van der Waals surface area contributed by atoms with E-state index >= 15 is 0 Å². The van der Waals surface area contributed by atoms with Gasteiger partial charge < -0.3 is 10.6 Å². The van der Waals surface area contributed by atoms with Crippen LogP contribution in [0, 0.1) is 10.1 Å². The highest BCUT2D eigenvalue weighted by atomic mass is 16.6. The molecular weight excluding hydrogens is 344 g/mol. The van der Waals surface area contributed by atoms with E-state index in [1.807, 2.05) is 25.1 Å². The maximum absolute atomic E-state index is 12.5. The number of benzene rings is 2. The fraction of sp³-hybridized carbons (Fsp3) is 0.100. The third-order valence-corrected chi connectivity index (χ3v) is 4.06. The molecule has 0 spiro atoms. The summed E-state index contributed by atoms with van der Waals surface area (Å²) in [6, 6.07) is 16.9. The first kappa shape index (κ1) is 18.1. The first-order valence-electron chi connectivity index (χ1n) is 8.36. The Hall–Kier alpha value is -3.74. The molecule has 0 saturated carbocycles. The first-order valence-corrected chi connectivity index (χ1v) is 8.36. The van der Waals surface area contributed by atoms with Gasteiger partial charge in [0.05, 0.1) is 11.0 Å². The minimum atomic E-state index is -0.506. The number of carbonyl (C=O) groups excluding carboxylic acids is 1. The van der Waals surface area contributed by atoms with Crippen molar-refractivity contribution in [2.45, 2.75) is 13.0 Å². The van der Waals surface area contributed by atoms with Crippen LogP contribution >= 0.6 is 0 Å². The third-order valence-electron chi connectivity index (χ3n) is 4.06. The lowest BCUT2D eigenvalue weighted by Crippen LogP contribution is -2.26. The molecule has 1 aromatic heterocycles. The SMILES string of the molecule is CC(NC(=O)c1ccc(Nc2ccccc2)c([N+](=O)[O-])c1)c1ccncc1. The Bertz CT molecular complexity index is 946. The molecule has 1 heterocycles. The van der Waals surface area contributed by atoms with Crippen molar-refractivity contribution < 1.29 is 9.72 Å². The summed E-state index contributed by atoms with van der Waals surface area (Å²) in [6.07, 6.45) is 3.29. The number of para-hydroxylation sites is 1. The van der Waals surface area contributed by atoms with Crippen molar-refractivity contribution in [3.63, 3.8) is 0 Å². The molecule has 0 saturated heterocycles. The molecule has 0 aliphatic rings. The fourth-order valence-corrected chi connectivity index (χ4v) is 2.62. The summed E-state index contributed by atoms with van der Waals surface area (Å²) in [7, 11) is 0. The third kappa shape index (κ3) is 4.46. The number of anilines is 2. The van der Waals surface area contributed by atoms with Crippen molar-refractivity contribution in [3.05, 3.63) is 94.3 Å². The molecule has 27 heavy (non-hydrogen) atoms. The second-order valence-electron chi connectivity index (χ2n) is 5.96. The van der Waals surface area contributed by atoms with Crippen LogP contribution < -0.4 is 10.6 Å². The molecule has 136 valence electrons. The van der Waals surface area contributed by atoms with Gasteiger partial charge in [0.2, 0.25) is 0 Å². The van der Waals surface area contributed by atoms with Crippen molar-refractivity contribution in [1.82, 2.24) is 10.3 Å². The molecule has 2 N–H and O–H groups in total. The van der Waals surface area contributed by atoms with Crippen LogP contribution in [0.15, 0.2) is 73.1 Å². The van der Waals surface area contributed by atoms with Gasteiger partial charge >= 0.3 is 0 Å². The molecule has 7 heteroatoms. The normalized spacial score (nSPS) is 11.4. The van der Waals surface area contributed by atoms with Gasteiger partial charge in [-0.1, -0.05) is 18.2 Å². The Labute approximate surface area is 156 Å². The number of nitro benzene ring substituents is 1. The summed E-state index contributed by atoms with van der Waals surface area (Å²) in [4.78, 5) is 27.4. The van der Waals surface area contributed by atoms with Gasteiger partial charge in [0.1, 0.15) is 5.69 Å². The molecule has 1 unspecified atom stereocenters. The van der Waals surface area contributed by atoms with E-state index in [2.05, 4.69) is 15.6 Å². The number of rotatable bonds is 6. The maximum atomic E-state index is 12.5. The number of nitro groups is 1. The number of aromatic nitrogens is 1. The Morgan fingerprint density at radius 1 is 1.07 bits per heavy atom. The molecule has 1 atom stereocenters. The lowest BCUT2D eigenvalue weighted by Gasteiger charge is -2.14. The number of nitrogens with zero attached hydrogens (tertiary/aromatic N) is 2. The van der Waals surface area contributed by atoms with Crippen molar-refractivity contribution in [2.75, 3.05) is 5.32 Å². The van der Waals surface area contributed by atoms with Gasteiger partial charge in [0.15, 0.2) is 0 Å². The fourth-order valence-electron chi connectivity index (χ4n) is 2.62. The molecule has 0 radical (unpaired) electrons. The summed E-state index contributed by atoms with van der Waals surface area (Å²) >= 11 is 0. The van der Waals surface area contributed by atoms with Crippen LogP contribution in [0.5, 0.6) is 0 Å². The van der Waals surface area contributed by atoms with E-state index in [1.54, 1.807) is 42.7 Å². The largest absolute Gasteiger partial charge is 0.350 e. The number of amides is 1. The van der Waals surface area contributed by atoms with Crippen LogP contribution in [-0.2, 0) is 0 Å². The van der Waals surface area contributed by atoms with E-state index in [4.69, 9.17) is 0 Å². The zero-order chi connectivity index (χ0) is 19.2. The maximum Gasteiger partial charge on any atom is 0.293 e. The Kier molecular flexibility index (Phi) is 5.41. The second-order valence-corrected chi connectivity index (χ2v) is 5.96. The lowest BCUT2D eigenvalue weighted by atomic mass is 10.1. The molecule has 7 nitrogen and oxygen atoms in total. The monoisotopic (exact) mass is 362 g/mol. The highest BCUT2D eigenvalue weighted by molar-refractivity contribution is 5.96. The smallest absolute Gasteiger partial charge is 0.293 e. The average molecular weight is 362 g/mol. The van der Waals surface area contributed by atoms with Crippen LogP contribution in [-0.4, -0.2) is 15.8 Å². The van der Waals surface area contributed by atoms with E-state index in [9.17, 15) is 14.9 Å². The molecule has 0 bridgehead atoms. The first-order chi connectivity index (χ1) is 13.0. The number of hydrogen-bond acceptors (Lipinski definition) is 5. The van der Waals surface area contributed by atoms with Gasteiger partial charge in [0, 0.05) is 29.7 Å². The zero-order valence-electron chi connectivity index (χ0n) is 14.6. The summed E-state index contributed by atoms with van der Waals surface area (Å²) < 4.78 is 0. The summed E-state index contributed by atoms with van der Waals surface area (Å²) in [5, 5.41) is 17.3. The topological polar surface area (TPSA) is 97.2 Å². The highest BCUT2D eigenvalue weighted by Gasteiger charge is 2.19. The van der Waals surface area contributed by atoms with E-state index in [1.165, 1.54) is 12.1 Å². The molecule has 2 aromatic carbocycles. The minimum absolute atomic E-state index is 0.164. The Morgan fingerprint density at radius 3 is 2.44 bits per heavy atom. The van der Waals surface area contributed by atoms with Gasteiger partial charge in [-0.25, -0.2) is 0 Å². The summed E-state index contributed by atoms with van der Waals surface area (Å²) in [5.74, 6) is -0.381. The quantitative estimate of drug-likeness (QED) is 0.505. The van der Waals surface area contributed by atoms with Crippen LogP contribution in [0.4, 0.5) is 17.1 Å². The summed E-state index contributed by atoms with van der Waals surface area (Å²) in [5.41, 5.74) is 2.01. The molecule has 0 aliphatic heterocycles. The van der Waals surface area contributed by atoms with Gasteiger partial charge in [-0.05, 0) is 48.9 Å². The van der Waals surface area contributed by atoms with Crippen LogP contribution in [0.25, 0.3) is 0 Å². The van der Waals surface area contributed by atoms with Crippen molar-refractivity contribution in [1.29, 1.82) is 0 Å². The van der Waals surface area contributed by atoms with Gasteiger partial charge in [0.25, 0.3) is 11.6 Å². The molecule has 1 amide bonds. The number of pyridine rings is 1. The van der Waals surface area contributed by atoms with Crippen molar-refractivity contribution in [2.24, 2.45) is 0 Å². The van der Waals surface area contributed by atoms with Crippen LogP contribution in [0.2, 0.25) is 0 Å².